The van der Waals surface area contributed by atoms with E-state index in [1.165, 1.54) is 24.3 Å². The number of benzene rings is 1. The molecule has 0 spiro atoms. The van der Waals surface area contributed by atoms with Crippen LogP contribution in [0.5, 0.6) is 0 Å². The second-order valence-corrected chi connectivity index (χ2v) is 5.82. The van der Waals surface area contributed by atoms with E-state index in [1.54, 1.807) is 11.1 Å². The maximum atomic E-state index is 12.2. The molecular weight excluding hydrogens is 332 g/mol. The highest BCUT2D eigenvalue weighted by molar-refractivity contribution is 5.91. The zero-order chi connectivity index (χ0) is 18.4. The van der Waals surface area contributed by atoms with Gasteiger partial charge in [0.15, 0.2) is 6.61 Å². The number of carbonyl (C=O) groups is 2. The average Bonchev–Trinajstić information content (AvgIpc) is 2.72. The average molecular weight is 350 g/mol. The lowest BCUT2D eigenvalue weighted by molar-refractivity contribution is -0.134. The number of hydrogen-bond donors (Lipinski definition) is 0. The van der Waals surface area contributed by atoms with Gasteiger partial charge in [0, 0.05) is 32.4 Å². The van der Waals surface area contributed by atoms with Crippen LogP contribution in [-0.2, 0) is 9.53 Å². The van der Waals surface area contributed by atoms with Crippen molar-refractivity contribution in [3.63, 3.8) is 0 Å². The number of hydrogen-bond acceptors (Lipinski definition) is 6. The van der Waals surface area contributed by atoms with Crippen molar-refractivity contribution in [3.8, 4) is 6.07 Å². The zero-order valence-corrected chi connectivity index (χ0v) is 14.2. The van der Waals surface area contributed by atoms with Gasteiger partial charge in [0.25, 0.3) is 5.91 Å². The highest BCUT2D eigenvalue weighted by atomic mass is 16.5. The van der Waals surface area contributed by atoms with E-state index in [9.17, 15) is 9.59 Å². The minimum Gasteiger partial charge on any atom is -0.452 e. The highest BCUT2D eigenvalue weighted by Crippen LogP contribution is 2.13. The Bertz CT molecular complexity index is 807. The molecule has 1 aliphatic rings. The van der Waals surface area contributed by atoms with E-state index in [0.29, 0.717) is 37.3 Å². The molecule has 3 rings (SSSR count). The fraction of sp³-hybridized carbons (Fsp3) is 0.263. The Morgan fingerprint density at radius 2 is 1.81 bits per heavy atom. The van der Waals surface area contributed by atoms with Crippen LogP contribution in [-0.4, -0.2) is 54.5 Å². The molecule has 0 aliphatic carbocycles. The van der Waals surface area contributed by atoms with E-state index in [2.05, 4.69) is 9.88 Å². The first-order valence-corrected chi connectivity index (χ1v) is 8.28. The maximum absolute atomic E-state index is 12.2. The van der Waals surface area contributed by atoms with Crippen molar-refractivity contribution < 1.29 is 14.3 Å². The summed E-state index contributed by atoms with van der Waals surface area (Å²) in [5.41, 5.74) is 0.778. The number of piperazine rings is 1. The molecule has 1 amide bonds. The monoisotopic (exact) mass is 350 g/mol. The summed E-state index contributed by atoms with van der Waals surface area (Å²) in [6.07, 6.45) is 1.75. The minimum absolute atomic E-state index is 0.215. The maximum Gasteiger partial charge on any atom is 0.338 e. The summed E-state index contributed by atoms with van der Waals surface area (Å²) in [6, 6.07) is 13.8. The molecule has 0 atom stereocenters. The lowest BCUT2D eigenvalue weighted by Gasteiger charge is -2.35. The number of carbonyl (C=O) groups excluding carboxylic acids is 2. The smallest absolute Gasteiger partial charge is 0.338 e. The molecule has 1 aromatic carbocycles. The molecular formula is C19H18N4O3. The molecule has 0 saturated carbocycles. The van der Waals surface area contributed by atoms with E-state index in [4.69, 9.17) is 10.00 Å². The van der Waals surface area contributed by atoms with Gasteiger partial charge in [-0.3, -0.25) is 4.79 Å². The van der Waals surface area contributed by atoms with Crippen molar-refractivity contribution in [2.75, 3.05) is 37.7 Å². The van der Waals surface area contributed by atoms with Crippen LogP contribution < -0.4 is 4.90 Å². The van der Waals surface area contributed by atoms with Crippen molar-refractivity contribution in [1.29, 1.82) is 5.26 Å². The lowest BCUT2D eigenvalue weighted by Crippen LogP contribution is -2.50. The minimum atomic E-state index is -0.574. The van der Waals surface area contributed by atoms with Crippen LogP contribution in [0.2, 0.25) is 0 Å². The summed E-state index contributed by atoms with van der Waals surface area (Å²) in [7, 11) is 0. The van der Waals surface area contributed by atoms with Crippen LogP contribution in [0.4, 0.5) is 5.82 Å². The fourth-order valence-corrected chi connectivity index (χ4v) is 2.71. The summed E-state index contributed by atoms with van der Waals surface area (Å²) in [5.74, 6) is 0.106. The Hall–Kier alpha value is -3.40. The third-order valence-corrected chi connectivity index (χ3v) is 4.18. The largest absolute Gasteiger partial charge is 0.452 e. The van der Waals surface area contributed by atoms with Crippen LogP contribution in [0.25, 0.3) is 0 Å². The lowest BCUT2D eigenvalue weighted by atomic mass is 10.1. The third-order valence-electron chi connectivity index (χ3n) is 4.18. The molecule has 0 N–H and O–H groups in total. The van der Waals surface area contributed by atoms with Crippen molar-refractivity contribution in [2.24, 2.45) is 0 Å². The van der Waals surface area contributed by atoms with Crippen LogP contribution >= 0.6 is 0 Å². The second-order valence-electron chi connectivity index (χ2n) is 5.82. The molecule has 1 aromatic heterocycles. The summed E-state index contributed by atoms with van der Waals surface area (Å²) in [6.45, 7) is 2.20. The molecule has 1 fully saturated rings. The molecule has 0 bridgehead atoms. The van der Waals surface area contributed by atoms with Gasteiger partial charge in [-0.25, -0.2) is 9.78 Å². The Balaban J connectivity index is 1.47. The number of anilines is 1. The van der Waals surface area contributed by atoms with Gasteiger partial charge in [-0.05, 0) is 36.4 Å². The normalized spacial score (nSPS) is 13.8. The molecule has 0 unspecified atom stereocenters. The zero-order valence-electron chi connectivity index (χ0n) is 14.2. The van der Waals surface area contributed by atoms with Crippen molar-refractivity contribution in [3.05, 3.63) is 59.8 Å². The Kier molecular flexibility index (Phi) is 5.44. The third kappa shape index (κ3) is 4.16. The van der Waals surface area contributed by atoms with E-state index >= 15 is 0 Å². The van der Waals surface area contributed by atoms with Gasteiger partial charge in [-0.2, -0.15) is 5.26 Å². The van der Waals surface area contributed by atoms with Gasteiger partial charge in [-0.1, -0.05) is 6.07 Å². The number of amides is 1. The predicted molar refractivity (Wildman–Crippen MR) is 94.5 cm³/mol. The number of rotatable bonds is 4. The number of esters is 1. The van der Waals surface area contributed by atoms with E-state index in [1.807, 2.05) is 24.3 Å². The topological polar surface area (TPSA) is 86.5 Å². The molecule has 1 saturated heterocycles. The van der Waals surface area contributed by atoms with Gasteiger partial charge >= 0.3 is 5.97 Å². The van der Waals surface area contributed by atoms with Crippen LogP contribution in [0.3, 0.4) is 0 Å². The molecule has 2 heterocycles. The summed E-state index contributed by atoms with van der Waals surface area (Å²) >= 11 is 0. The van der Waals surface area contributed by atoms with Gasteiger partial charge in [0.2, 0.25) is 0 Å². The second kappa shape index (κ2) is 8.12. The number of nitriles is 1. The molecule has 2 aromatic rings. The van der Waals surface area contributed by atoms with Gasteiger partial charge in [-0.15, -0.1) is 0 Å². The van der Waals surface area contributed by atoms with Gasteiger partial charge < -0.3 is 14.5 Å². The summed E-state index contributed by atoms with van der Waals surface area (Å²) in [4.78, 5) is 32.3. The van der Waals surface area contributed by atoms with Crippen LogP contribution in [0.1, 0.15) is 15.9 Å². The Morgan fingerprint density at radius 3 is 2.42 bits per heavy atom. The number of ether oxygens (including phenoxy) is 1. The first kappa shape index (κ1) is 17.4. The van der Waals surface area contributed by atoms with E-state index in [0.717, 1.165) is 5.82 Å². The molecule has 0 radical (unpaired) electrons. The van der Waals surface area contributed by atoms with Crippen molar-refractivity contribution >= 4 is 17.7 Å². The molecule has 7 heteroatoms. The van der Waals surface area contributed by atoms with E-state index in [-0.39, 0.29) is 12.5 Å². The Morgan fingerprint density at radius 1 is 1.08 bits per heavy atom. The number of pyridine rings is 1. The first-order valence-electron chi connectivity index (χ1n) is 8.28. The highest BCUT2D eigenvalue weighted by Gasteiger charge is 2.22. The fourth-order valence-electron chi connectivity index (χ4n) is 2.71. The predicted octanol–water partition coefficient (Wildman–Crippen LogP) is 1.46. The van der Waals surface area contributed by atoms with Gasteiger partial charge in [0.05, 0.1) is 17.2 Å². The van der Waals surface area contributed by atoms with Crippen LogP contribution in [0.15, 0.2) is 48.7 Å². The van der Waals surface area contributed by atoms with Crippen molar-refractivity contribution in [1.82, 2.24) is 9.88 Å². The molecule has 132 valence electrons. The van der Waals surface area contributed by atoms with E-state index < -0.39 is 5.97 Å². The molecule has 7 nitrogen and oxygen atoms in total. The number of aromatic nitrogens is 1. The Labute approximate surface area is 151 Å². The summed E-state index contributed by atoms with van der Waals surface area (Å²) in [5, 5.41) is 8.76. The first-order chi connectivity index (χ1) is 12.7. The number of nitrogens with zero attached hydrogens (tertiary/aromatic N) is 4. The molecule has 26 heavy (non-hydrogen) atoms. The SMILES string of the molecule is N#Cc1ccc(C(=O)OCC(=O)N2CCN(c3ccccn3)CC2)cc1. The van der Waals surface area contributed by atoms with Crippen molar-refractivity contribution in [2.45, 2.75) is 0 Å². The quantitative estimate of drug-likeness (QED) is 0.776. The standard InChI is InChI=1S/C19H18N4O3/c20-13-15-4-6-16(7-5-15)19(25)26-14-18(24)23-11-9-22(10-12-23)17-3-1-2-8-21-17/h1-8H,9-12,14H2. The van der Waals surface area contributed by atoms with Gasteiger partial charge in [0.1, 0.15) is 5.82 Å². The summed E-state index contributed by atoms with van der Waals surface area (Å²) < 4.78 is 5.09. The molecule has 1 aliphatic heterocycles. The van der Waals surface area contributed by atoms with Crippen LogP contribution in [0, 0.1) is 11.3 Å².